The van der Waals surface area contributed by atoms with E-state index in [0.717, 1.165) is 10.9 Å². The Morgan fingerprint density at radius 2 is 2.06 bits per heavy atom. The van der Waals surface area contributed by atoms with Gasteiger partial charge in [-0.15, -0.1) is 6.58 Å². The number of hydrogen-bond donors (Lipinski definition) is 1. The molecule has 2 aromatic carbocycles. The van der Waals surface area contributed by atoms with E-state index in [1.165, 1.54) is 18.7 Å². The lowest BCUT2D eigenvalue weighted by Crippen LogP contribution is -2.24. The van der Waals surface area contributed by atoms with Crippen LogP contribution >= 0.6 is 15.9 Å². The minimum atomic E-state index is -1.09. The van der Waals surface area contributed by atoms with E-state index in [1.54, 1.807) is 30.5 Å². The van der Waals surface area contributed by atoms with Gasteiger partial charge in [0.1, 0.15) is 5.82 Å². The van der Waals surface area contributed by atoms with Gasteiger partial charge in [0.05, 0.1) is 24.2 Å². The molecule has 0 amide bonds. The lowest BCUT2D eigenvalue weighted by Gasteiger charge is -2.18. The quantitative estimate of drug-likeness (QED) is 0.281. The first kappa shape index (κ1) is 26.2. The predicted molar refractivity (Wildman–Crippen MR) is 140 cm³/mol. The van der Waals surface area contributed by atoms with Crippen molar-refractivity contribution in [2.75, 3.05) is 7.11 Å². The molecule has 1 N–H and O–H groups in total. The van der Waals surface area contributed by atoms with Gasteiger partial charge in [-0.25, -0.2) is 9.78 Å². The first-order valence-electron chi connectivity index (χ1n) is 11.2. The summed E-state index contributed by atoms with van der Waals surface area (Å²) in [6, 6.07) is 8.88. The maximum Gasteiger partial charge on any atom is 0.344 e. The molecule has 0 bridgehead atoms. The van der Waals surface area contributed by atoms with E-state index >= 15 is 0 Å². The number of halogens is 1. The number of hydrogen-bond acceptors (Lipinski definition) is 6. The minimum Gasteiger partial charge on any atom is -0.493 e. The molecule has 0 saturated heterocycles. The second-order valence-corrected chi connectivity index (χ2v) is 9.02. The zero-order valence-electron chi connectivity index (χ0n) is 20.1. The first-order valence-corrected chi connectivity index (χ1v) is 12.0. The van der Waals surface area contributed by atoms with Crippen LogP contribution in [0.15, 0.2) is 57.4 Å². The van der Waals surface area contributed by atoms with E-state index in [0.29, 0.717) is 45.8 Å². The van der Waals surface area contributed by atoms with Crippen molar-refractivity contribution >= 4 is 39.0 Å². The molecule has 1 aromatic heterocycles. The van der Waals surface area contributed by atoms with Crippen LogP contribution in [0.25, 0.3) is 10.9 Å². The van der Waals surface area contributed by atoms with Crippen LogP contribution in [0.1, 0.15) is 50.1 Å². The van der Waals surface area contributed by atoms with Gasteiger partial charge in [0.25, 0.3) is 5.56 Å². The number of aromatic nitrogens is 2. The summed E-state index contributed by atoms with van der Waals surface area (Å²) in [6.45, 7) is 9.25. The van der Waals surface area contributed by atoms with Gasteiger partial charge in [0.2, 0.25) is 0 Å². The Balaban J connectivity index is 2.15. The van der Waals surface area contributed by atoms with E-state index in [4.69, 9.17) is 14.5 Å². The van der Waals surface area contributed by atoms with Gasteiger partial charge in [-0.3, -0.25) is 4.79 Å². The number of aliphatic carboxylic acids is 1. The number of fused-ring (bicyclic) bond motifs is 1. The monoisotopic (exact) mass is 541 g/mol. The van der Waals surface area contributed by atoms with Gasteiger partial charge in [0, 0.05) is 16.0 Å². The second-order valence-electron chi connectivity index (χ2n) is 8.10. The molecule has 184 valence electrons. The van der Waals surface area contributed by atoms with E-state index < -0.39 is 12.1 Å². The molecule has 0 saturated carbocycles. The Hall–Kier alpha value is -3.46. The molecule has 8 nitrogen and oxygen atoms in total. The average molecular weight is 542 g/mol. The van der Waals surface area contributed by atoms with Crippen LogP contribution in [0.2, 0.25) is 0 Å². The van der Waals surface area contributed by atoms with E-state index in [2.05, 4.69) is 27.6 Å². The summed E-state index contributed by atoms with van der Waals surface area (Å²) < 4.78 is 13.2. The third kappa shape index (κ3) is 5.79. The highest BCUT2D eigenvalue weighted by Crippen LogP contribution is 2.34. The van der Waals surface area contributed by atoms with Crippen molar-refractivity contribution in [2.45, 2.75) is 45.6 Å². The Kier molecular flexibility index (Phi) is 8.45. The molecular weight excluding hydrogens is 514 g/mol. The Morgan fingerprint density at radius 3 is 2.69 bits per heavy atom. The number of methoxy groups -OCH3 is 1. The smallest absolute Gasteiger partial charge is 0.344 e. The number of carboxylic acid groups (broad SMARTS) is 1. The molecule has 35 heavy (non-hydrogen) atoms. The normalized spacial score (nSPS) is 13.1. The molecule has 0 fully saturated rings. The fraction of sp³-hybridized carbons (Fsp3) is 0.308. The van der Waals surface area contributed by atoms with Gasteiger partial charge in [-0.1, -0.05) is 35.9 Å². The first-order chi connectivity index (χ1) is 16.7. The van der Waals surface area contributed by atoms with Crippen molar-refractivity contribution < 1.29 is 19.4 Å². The maximum absolute atomic E-state index is 13.3. The van der Waals surface area contributed by atoms with E-state index in [-0.39, 0.29) is 11.5 Å². The van der Waals surface area contributed by atoms with Crippen molar-refractivity contribution in [1.29, 1.82) is 0 Å². The van der Waals surface area contributed by atoms with Crippen LogP contribution in [0.3, 0.4) is 0 Å². The number of allylic oxidation sites excluding steroid dienone is 1. The van der Waals surface area contributed by atoms with Crippen LogP contribution < -0.4 is 15.0 Å². The third-order valence-electron chi connectivity index (χ3n) is 5.59. The minimum absolute atomic E-state index is 0.00652. The number of nitrogens with zero attached hydrogens (tertiary/aromatic N) is 3. The molecule has 0 aliphatic rings. The van der Waals surface area contributed by atoms with Gasteiger partial charge in [0.15, 0.2) is 17.6 Å². The molecule has 9 heteroatoms. The van der Waals surface area contributed by atoms with Crippen molar-refractivity contribution in [3.8, 4) is 11.5 Å². The summed E-state index contributed by atoms with van der Waals surface area (Å²) in [5.41, 5.74) is 1.68. The highest BCUT2D eigenvalue weighted by atomic mass is 79.9. The molecule has 0 radical (unpaired) electrons. The molecule has 0 aliphatic heterocycles. The Labute approximate surface area is 212 Å². The van der Waals surface area contributed by atoms with E-state index in [1.807, 2.05) is 26.0 Å². The number of benzene rings is 2. The molecule has 0 aliphatic carbocycles. The molecule has 0 unspecified atom stereocenters. The largest absolute Gasteiger partial charge is 0.493 e. The van der Waals surface area contributed by atoms with Crippen molar-refractivity contribution in [2.24, 2.45) is 5.10 Å². The molecular formula is C26H28BrN3O5. The van der Waals surface area contributed by atoms with E-state index in [9.17, 15) is 14.7 Å². The van der Waals surface area contributed by atoms with Crippen LogP contribution in [0, 0.1) is 0 Å². The lowest BCUT2D eigenvalue weighted by molar-refractivity contribution is -0.144. The van der Waals surface area contributed by atoms with Gasteiger partial charge in [-0.2, -0.15) is 9.78 Å². The number of carbonyl (C=O) groups is 1. The maximum atomic E-state index is 13.3. The van der Waals surface area contributed by atoms with Crippen molar-refractivity contribution in [3.63, 3.8) is 0 Å². The molecule has 3 aromatic rings. The van der Waals surface area contributed by atoms with Gasteiger partial charge >= 0.3 is 5.97 Å². The topological polar surface area (TPSA) is 103 Å². The Morgan fingerprint density at radius 1 is 1.31 bits per heavy atom. The number of rotatable bonds is 10. The SMILES string of the molecule is C=CCc1cc(C=Nn2c([C@H](C)CC)nc3ccc(Br)cc3c2=O)cc(OC)c1O[C@H](C)C(=O)O. The highest BCUT2D eigenvalue weighted by Gasteiger charge is 2.20. The molecule has 2 atom stereocenters. The third-order valence-corrected chi connectivity index (χ3v) is 6.08. The summed E-state index contributed by atoms with van der Waals surface area (Å²) >= 11 is 3.41. The number of carboxylic acids is 1. The molecule has 3 rings (SSSR count). The highest BCUT2D eigenvalue weighted by molar-refractivity contribution is 9.10. The summed E-state index contributed by atoms with van der Waals surface area (Å²) in [4.78, 5) is 29.4. The Bertz CT molecular complexity index is 1350. The van der Waals surface area contributed by atoms with Gasteiger partial charge < -0.3 is 14.6 Å². The molecule has 1 heterocycles. The number of ether oxygens (including phenoxy) is 2. The fourth-order valence-corrected chi connectivity index (χ4v) is 3.84. The average Bonchev–Trinajstić information content (AvgIpc) is 2.84. The second kappa shape index (κ2) is 11.3. The lowest BCUT2D eigenvalue weighted by atomic mass is 10.1. The fourth-order valence-electron chi connectivity index (χ4n) is 3.48. The van der Waals surface area contributed by atoms with Crippen LogP contribution in [0.4, 0.5) is 0 Å². The van der Waals surface area contributed by atoms with Crippen LogP contribution in [0.5, 0.6) is 11.5 Å². The zero-order valence-corrected chi connectivity index (χ0v) is 21.7. The molecule has 0 spiro atoms. The summed E-state index contributed by atoms with van der Waals surface area (Å²) in [5, 5.41) is 14.2. The van der Waals surface area contributed by atoms with Gasteiger partial charge in [-0.05, 0) is 55.7 Å². The summed E-state index contributed by atoms with van der Waals surface area (Å²) in [6.07, 6.45) is 3.38. The van der Waals surface area contributed by atoms with Crippen LogP contribution in [-0.4, -0.2) is 40.2 Å². The van der Waals surface area contributed by atoms with Crippen LogP contribution in [-0.2, 0) is 11.2 Å². The van der Waals surface area contributed by atoms with Crippen molar-refractivity contribution in [1.82, 2.24) is 9.66 Å². The summed E-state index contributed by atoms with van der Waals surface area (Å²) in [5.74, 6) is 0.168. The summed E-state index contributed by atoms with van der Waals surface area (Å²) in [7, 11) is 1.48. The van der Waals surface area contributed by atoms with Crippen molar-refractivity contribution in [3.05, 3.63) is 74.8 Å². The zero-order chi connectivity index (χ0) is 25.7. The standard InChI is InChI=1S/C26H28BrN3O5/c1-6-8-18-11-17(12-22(34-5)23(18)35-16(4)26(32)33)14-28-30-24(15(3)7-2)29-21-10-9-19(27)13-20(21)25(30)31/h6,9-16H,1,7-8H2,2-5H3,(H,32,33)/t15-,16-/m1/s1. The predicted octanol–water partition coefficient (Wildman–Crippen LogP) is 5.14.